The molecule has 17 heavy (non-hydrogen) atoms. The summed E-state index contributed by atoms with van der Waals surface area (Å²) in [6, 6.07) is 3.96. The van der Waals surface area contributed by atoms with Gasteiger partial charge in [-0.3, -0.25) is 0 Å². The van der Waals surface area contributed by atoms with Gasteiger partial charge in [0.05, 0.1) is 6.54 Å². The molecule has 2 aromatic rings. The fraction of sp³-hybridized carbons (Fsp3) is 0.385. The largest absolute Gasteiger partial charge is 0.456 e. The summed E-state index contributed by atoms with van der Waals surface area (Å²) in [5.41, 5.74) is 1.38. The highest BCUT2D eigenvalue weighted by atomic mass is 79.9. The molecule has 1 heterocycles. The second-order valence-corrected chi connectivity index (χ2v) is 5.49. The summed E-state index contributed by atoms with van der Waals surface area (Å²) in [7, 11) is 0. The Bertz CT molecular complexity index is 574. The maximum absolute atomic E-state index is 13.7. The molecule has 1 aromatic heterocycles. The van der Waals surface area contributed by atoms with Crippen LogP contribution in [0.3, 0.4) is 0 Å². The van der Waals surface area contributed by atoms with Gasteiger partial charge in [-0.1, -0.05) is 15.9 Å². The number of nitrogens with one attached hydrogen (secondary N) is 1. The lowest BCUT2D eigenvalue weighted by Gasteiger charge is -1.99. The molecular weight excluding hydrogens is 285 g/mol. The van der Waals surface area contributed by atoms with Gasteiger partial charge in [-0.25, -0.2) is 4.39 Å². The molecule has 1 saturated carbocycles. The number of hydrogen-bond acceptors (Lipinski definition) is 2. The van der Waals surface area contributed by atoms with Crippen LogP contribution in [0.5, 0.6) is 0 Å². The Kier molecular flexibility index (Phi) is 2.71. The van der Waals surface area contributed by atoms with Crippen molar-refractivity contribution >= 4 is 26.9 Å². The average molecular weight is 298 g/mol. The first kappa shape index (κ1) is 11.2. The smallest absolute Gasteiger partial charge is 0.170 e. The fourth-order valence-corrected chi connectivity index (χ4v) is 2.42. The number of benzene rings is 1. The van der Waals surface area contributed by atoms with Gasteiger partial charge in [0.25, 0.3) is 0 Å². The molecule has 0 unspecified atom stereocenters. The first-order valence-electron chi connectivity index (χ1n) is 5.75. The van der Waals surface area contributed by atoms with E-state index in [0.29, 0.717) is 18.2 Å². The zero-order valence-electron chi connectivity index (χ0n) is 9.52. The molecule has 90 valence electrons. The van der Waals surface area contributed by atoms with Gasteiger partial charge in [-0.05, 0) is 37.5 Å². The summed E-state index contributed by atoms with van der Waals surface area (Å²) in [6.45, 7) is 2.66. The second kappa shape index (κ2) is 4.10. The predicted molar refractivity (Wildman–Crippen MR) is 68.5 cm³/mol. The topological polar surface area (TPSA) is 25.2 Å². The van der Waals surface area contributed by atoms with Gasteiger partial charge in [0, 0.05) is 15.9 Å². The van der Waals surface area contributed by atoms with E-state index in [9.17, 15) is 4.39 Å². The van der Waals surface area contributed by atoms with Crippen molar-refractivity contribution in [3.8, 4) is 0 Å². The molecule has 1 N–H and O–H groups in total. The van der Waals surface area contributed by atoms with Gasteiger partial charge >= 0.3 is 0 Å². The third-order valence-corrected chi connectivity index (χ3v) is 3.64. The molecule has 0 bridgehead atoms. The van der Waals surface area contributed by atoms with Crippen LogP contribution < -0.4 is 5.32 Å². The van der Waals surface area contributed by atoms with Crippen LogP contribution in [0.25, 0.3) is 11.0 Å². The third-order valence-electron chi connectivity index (χ3n) is 3.18. The van der Waals surface area contributed by atoms with E-state index in [4.69, 9.17) is 4.42 Å². The molecule has 1 fully saturated rings. The number of fused-ring (bicyclic) bond motifs is 1. The van der Waals surface area contributed by atoms with Crippen molar-refractivity contribution in [2.75, 3.05) is 0 Å². The van der Waals surface area contributed by atoms with Gasteiger partial charge in [-0.15, -0.1) is 0 Å². The minimum absolute atomic E-state index is 0.310. The molecular formula is C13H13BrFNO. The molecule has 4 heteroatoms. The highest BCUT2D eigenvalue weighted by Gasteiger charge is 2.22. The zero-order valence-corrected chi connectivity index (χ0v) is 11.1. The summed E-state index contributed by atoms with van der Waals surface area (Å²) in [4.78, 5) is 0. The standard InChI is InChI=1S/C13H13BrFNO/c1-7-10-4-8(14)5-11(15)13(10)17-12(7)6-16-9-2-3-9/h4-5,9,16H,2-3,6H2,1H3. The van der Waals surface area contributed by atoms with Crippen LogP contribution in [-0.2, 0) is 6.54 Å². The van der Waals surface area contributed by atoms with Crippen LogP contribution in [-0.4, -0.2) is 6.04 Å². The van der Waals surface area contributed by atoms with Gasteiger partial charge < -0.3 is 9.73 Å². The Morgan fingerprint density at radius 3 is 2.94 bits per heavy atom. The second-order valence-electron chi connectivity index (χ2n) is 4.57. The van der Waals surface area contributed by atoms with E-state index in [0.717, 1.165) is 21.2 Å². The Morgan fingerprint density at radius 2 is 2.24 bits per heavy atom. The van der Waals surface area contributed by atoms with Crippen molar-refractivity contribution in [2.24, 2.45) is 0 Å². The van der Waals surface area contributed by atoms with Crippen LogP contribution in [0.15, 0.2) is 21.0 Å². The average Bonchev–Trinajstić information content (AvgIpc) is 3.04. The summed E-state index contributed by atoms with van der Waals surface area (Å²) in [5.74, 6) is 0.527. The minimum Gasteiger partial charge on any atom is -0.456 e. The molecule has 1 aliphatic carbocycles. The molecule has 0 amide bonds. The van der Waals surface area contributed by atoms with Crippen LogP contribution in [0.1, 0.15) is 24.2 Å². The van der Waals surface area contributed by atoms with Crippen molar-refractivity contribution in [3.63, 3.8) is 0 Å². The molecule has 2 nitrogen and oxygen atoms in total. The van der Waals surface area contributed by atoms with E-state index in [2.05, 4.69) is 21.2 Å². The van der Waals surface area contributed by atoms with Crippen molar-refractivity contribution in [1.82, 2.24) is 5.32 Å². The zero-order chi connectivity index (χ0) is 12.0. The first-order chi connectivity index (χ1) is 8.15. The summed E-state index contributed by atoms with van der Waals surface area (Å²) in [5, 5.41) is 4.23. The van der Waals surface area contributed by atoms with Crippen molar-refractivity contribution in [3.05, 3.63) is 33.7 Å². The molecule has 0 radical (unpaired) electrons. The molecule has 3 rings (SSSR count). The van der Waals surface area contributed by atoms with E-state index in [1.165, 1.54) is 18.9 Å². The number of aryl methyl sites for hydroxylation is 1. The predicted octanol–water partition coefficient (Wildman–Crippen LogP) is 3.89. The maximum Gasteiger partial charge on any atom is 0.170 e. The lowest BCUT2D eigenvalue weighted by atomic mass is 10.1. The third kappa shape index (κ3) is 2.11. The molecule has 1 aromatic carbocycles. The van der Waals surface area contributed by atoms with E-state index in [-0.39, 0.29) is 5.82 Å². The molecule has 0 saturated heterocycles. The van der Waals surface area contributed by atoms with Crippen LogP contribution >= 0.6 is 15.9 Å². The Hall–Kier alpha value is -0.870. The van der Waals surface area contributed by atoms with Crippen molar-refractivity contribution in [1.29, 1.82) is 0 Å². The lowest BCUT2D eigenvalue weighted by Crippen LogP contribution is -2.15. The summed E-state index contributed by atoms with van der Waals surface area (Å²) < 4.78 is 20.1. The van der Waals surface area contributed by atoms with Crippen molar-refractivity contribution in [2.45, 2.75) is 32.4 Å². The van der Waals surface area contributed by atoms with Gasteiger partial charge in [0.15, 0.2) is 11.4 Å². The highest BCUT2D eigenvalue weighted by Crippen LogP contribution is 2.31. The SMILES string of the molecule is Cc1c(CNC2CC2)oc2c(F)cc(Br)cc12. The van der Waals surface area contributed by atoms with Crippen LogP contribution in [0, 0.1) is 12.7 Å². The van der Waals surface area contributed by atoms with Gasteiger partial charge in [0.2, 0.25) is 0 Å². The minimum atomic E-state index is -0.310. The quantitative estimate of drug-likeness (QED) is 0.930. The van der Waals surface area contributed by atoms with Crippen LogP contribution in [0.2, 0.25) is 0 Å². The first-order valence-corrected chi connectivity index (χ1v) is 6.55. The van der Waals surface area contributed by atoms with E-state index < -0.39 is 0 Å². The maximum atomic E-state index is 13.7. The molecule has 1 aliphatic rings. The van der Waals surface area contributed by atoms with Crippen LogP contribution in [0.4, 0.5) is 4.39 Å². The molecule has 0 spiro atoms. The van der Waals surface area contributed by atoms with Gasteiger partial charge in [0.1, 0.15) is 5.76 Å². The number of rotatable bonds is 3. The lowest BCUT2D eigenvalue weighted by molar-refractivity contribution is 0.491. The normalized spacial score (nSPS) is 15.7. The number of hydrogen-bond donors (Lipinski definition) is 1. The highest BCUT2D eigenvalue weighted by molar-refractivity contribution is 9.10. The molecule has 0 aliphatic heterocycles. The van der Waals surface area contributed by atoms with Gasteiger partial charge in [-0.2, -0.15) is 0 Å². The summed E-state index contributed by atoms with van der Waals surface area (Å²) >= 11 is 3.30. The summed E-state index contributed by atoms with van der Waals surface area (Å²) in [6.07, 6.45) is 2.47. The Labute approximate surface area is 107 Å². The Morgan fingerprint density at radius 1 is 1.47 bits per heavy atom. The van der Waals surface area contributed by atoms with E-state index >= 15 is 0 Å². The molecule has 0 atom stereocenters. The van der Waals surface area contributed by atoms with E-state index in [1.54, 1.807) is 0 Å². The fourth-order valence-electron chi connectivity index (χ4n) is 1.99. The number of furan rings is 1. The monoisotopic (exact) mass is 297 g/mol. The van der Waals surface area contributed by atoms with E-state index in [1.807, 2.05) is 13.0 Å². The number of halogens is 2. The van der Waals surface area contributed by atoms with Crippen molar-refractivity contribution < 1.29 is 8.81 Å². The Balaban J connectivity index is 2.01.